The van der Waals surface area contributed by atoms with Crippen LogP contribution in [0.15, 0.2) is 0 Å². The minimum absolute atomic E-state index is 0. The Morgan fingerprint density at radius 3 is 0.731 bits per heavy atom. The van der Waals surface area contributed by atoms with Crippen molar-refractivity contribution in [3.63, 3.8) is 0 Å². The Bertz CT molecular complexity index is 241. The minimum atomic E-state index is -0.826. The zero-order valence-electron chi connectivity index (χ0n) is 20.2. The van der Waals surface area contributed by atoms with Gasteiger partial charge in [-0.05, 0) is 59.7 Å². The van der Waals surface area contributed by atoms with E-state index in [-0.39, 0.29) is 14.9 Å². The second-order valence-electron chi connectivity index (χ2n) is 8.28. The van der Waals surface area contributed by atoms with Crippen LogP contribution in [0.25, 0.3) is 0 Å². The van der Waals surface area contributed by atoms with Gasteiger partial charge in [-0.25, -0.2) is 0 Å². The maximum atomic E-state index is 4.93. The predicted molar refractivity (Wildman–Crippen MR) is 123 cm³/mol. The molecule has 0 aromatic heterocycles. The molecule has 0 aliphatic heterocycles. The quantitative estimate of drug-likeness (QED) is 0.298. The molecule has 2 fully saturated rings. The fraction of sp³-hybridized carbons (Fsp3) is 0.913. The molecule has 160 valence electrons. The van der Waals surface area contributed by atoms with Gasteiger partial charge in [0.1, 0.15) is 0 Å². The van der Waals surface area contributed by atoms with Crippen molar-refractivity contribution in [3.8, 4) is 0 Å². The normalized spacial score (nSPS) is 40.0. The Hall–Kier alpha value is 1.46. The van der Waals surface area contributed by atoms with E-state index in [9.17, 15) is 0 Å². The van der Waals surface area contributed by atoms with Crippen molar-refractivity contribution < 1.29 is 20.8 Å². The van der Waals surface area contributed by atoms with Crippen LogP contribution in [0.5, 0.6) is 0 Å². The molecule has 0 radical (unpaired) electrons. The van der Waals surface area contributed by atoms with Crippen molar-refractivity contribution >= 4 is 17.0 Å². The van der Waals surface area contributed by atoms with E-state index in [1.54, 1.807) is 0 Å². The molecule has 2 aliphatic carbocycles. The van der Waals surface area contributed by atoms with Crippen LogP contribution >= 0.6 is 17.0 Å². The molecule has 2 saturated carbocycles. The first-order chi connectivity index (χ1) is 11.1. The Morgan fingerprint density at radius 2 is 0.654 bits per heavy atom. The first-order valence-electron chi connectivity index (χ1n) is 10.1. The topological polar surface area (TPSA) is 0 Å². The summed E-state index contributed by atoms with van der Waals surface area (Å²) >= 11 is -0.826. The van der Waals surface area contributed by atoms with Crippen LogP contribution in [0.4, 0.5) is 0 Å². The molecular formula is C23H50Cl2Zr. The van der Waals surface area contributed by atoms with Crippen molar-refractivity contribution in [2.24, 2.45) is 53.3 Å². The summed E-state index contributed by atoms with van der Waals surface area (Å²) in [7, 11) is 9.87. The fourth-order valence-corrected chi connectivity index (χ4v) is 4.45. The van der Waals surface area contributed by atoms with Crippen molar-refractivity contribution in [1.82, 2.24) is 0 Å². The third-order valence-corrected chi connectivity index (χ3v) is 7.51. The second-order valence-corrected chi connectivity index (χ2v) is 12.0. The van der Waals surface area contributed by atoms with E-state index in [0.29, 0.717) is 0 Å². The zero-order chi connectivity index (χ0) is 19.6. The molecule has 0 N–H and O–H groups in total. The standard InChI is InChI=1S/C10H20.C9H18.C2H6.2CH3.2ClH.Zr/c1-6-7(2)9(4)10(5)8(6)3;1-6-5-7(2)9(4)8(6)3;1-2;;;;;/h6-10H,1-5H3;6-9H,5H2,1-4H3;1-2H3;2*1H3;2*1H;/q;;;2*-1;;;+4/p-2. The van der Waals surface area contributed by atoms with E-state index in [4.69, 9.17) is 17.0 Å². The average Bonchev–Trinajstić information content (AvgIpc) is 2.88. The van der Waals surface area contributed by atoms with E-state index < -0.39 is 20.8 Å². The molecule has 0 aromatic rings. The van der Waals surface area contributed by atoms with E-state index in [1.807, 2.05) is 13.8 Å². The number of hydrogen-bond donors (Lipinski definition) is 0. The molecule has 0 nitrogen and oxygen atoms in total. The van der Waals surface area contributed by atoms with E-state index >= 15 is 0 Å². The molecule has 4 atom stereocenters. The van der Waals surface area contributed by atoms with Crippen LogP contribution in [0.1, 0.15) is 82.6 Å². The number of hydrogen-bond acceptors (Lipinski definition) is 0. The van der Waals surface area contributed by atoms with Crippen LogP contribution in [-0.4, -0.2) is 0 Å². The SMILES string of the molecule is CC.CC1C(C)C(C)C(C)C1C.CC1CC(C)C(C)C1C.[CH3-].[CH3-].[Cl][Zr+2][Cl]. The zero-order valence-corrected chi connectivity index (χ0v) is 24.1. The van der Waals surface area contributed by atoms with Crippen LogP contribution < -0.4 is 0 Å². The van der Waals surface area contributed by atoms with Gasteiger partial charge in [0.15, 0.2) is 0 Å². The van der Waals surface area contributed by atoms with Gasteiger partial charge < -0.3 is 14.9 Å². The molecule has 4 unspecified atom stereocenters. The van der Waals surface area contributed by atoms with Gasteiger partial charge in [-0.2, -0.15) is 0 Å². The van der Waals surface area contributed by atoms with Crippen molar-refractivity contribution in [2.75, 3.05) is 0 Å². The summed E-state index contributed by atoms with van der Waals surface area (Å²) in [6.07, 6.45) is 1.45. The van der Waals surface area contributed by atoms with E-state index in [1.165, 1.54) is 6.42 Å². The molecule has 0 spiro atoms. The Labute approximate surface area is 187 Å². The summed E-state index contributed by atoms with van der Waals surface area (Å²) in [6.45, 7) is 25.5. The van der Waals surface area contributed by atoms with Crippen LogP contribution in [0, 0.1) is 68.1 Å². The van der Waals surface area contributed by atoms with E-state index in [2.05, 4.69) is 62.3 Å². The van der Waals surface area contributed by atoms with Gasteiger partial charge in [0, 0.05) is 0 Å². The first kappa shape index (κ1) is 34.9. The van der Waals surface area contributed by atoms with Gasteiger partial charge in [-0.3, -0.25) is 0 Å². The van der Waals surface area contributed by atoms with Crippen LogP contribution in [0.3, 0.4) is 0 Å². The maximum absolute atomic E-state index is 4.93. The molecule has 2 aliphatic rings. The second kappa shape index (κ2) is 18.5. The summed E-state index contributed by atoms with van der Waals surface area (Å²) < 4.78 is 0. The van der Waals surface area contributed by atoms with Crippen molar-refractivity contribution in [3.05, 3.63) is 14.9 Å². The Morgan fingerprint density at radius 1 is 0.500 bits per heavy atom. The van der Waals surface area contributed by atoms with Gasteiger partial charge in [-0.1, -0.05) is 76.2 Å². The van der Waals surface area contributed by atoms with E-state index in [0.717, 1.165) is 53.3 Å². The Kier molecular flexibility index (Phi) is 24.8. The molecule has 0 saturated heterocycles. The van der Waals surface area contributed by atoms with Gasteiger partial charge >= 0.3 is 37.9 Å². The monoisotopic (exact) mass is 486 g/mol. The third kappa shape index (κ3) is 10.9. The number of rotatable bonds is 0. The first-order valence-corrected chi connectivity index (χ1v) is 16.4. The van der Waals surface area contributed by atoms with Crippen LogP contribution in [-0.2, 0) is 20.8 Å². The molecule has 0 aromatic carbocycles. The molecule has 0 amide bonds. The summed E-state index contributed by atoms with van der Waals surface area (Å²) in [4.78, 5) is 0. The van der Waals surface area contributed by atoms with Gasteiger partial charge in [0.05, 0.1) is 0 Å². The molecule has 0 heterocycles. The number of halogens is 2. The Balaban J connectivity index is -0.000000141. The summed E-state index contributed by atoms with van der Waals surface area (Å²) in [5.74, 6) is 8.53. The summed E-state index contributed by atoms with van der Waals surface area (Å²) in [6, 6.07) is 0. The molecular weight excluding hydrogens is 438 g/mol. The van der Waals surface area contributed by atoms with Gasteiger partial charge in [0.25, 0.3) is 0 Å². The summed E-state index contributed by atoms with van der Waals surface area (Å²) in [5, 5.41) is 0. The molecule has 2 rings (SSSR count). The molecule has 3 heteroatoms. The van der Waals surface area contributed by atoms with Crippen molar-refractivity contribution in [1.29, 1.82) is 0 Å². The predicted octanol–water partition coefficient (Wildman–Crippen LogP) is 9.42. The van der Waals surface area contributed by atoms with Gasteiger partial charge in [-0.15, -0.1) is 0 Å². The molecule has 0 bridgehead atoms. The van der Waals surface area contributed by atoms with Crippen molar-refractivity contribution in [2.45, 2.75) is 82.6 Å². The van der Waals surface area contributed by atoms with Gasteiger partial charge in [0.2, 0.25) is 0 Å². The van der Waals surface area contributed by atoms with Crippen LogP contribution in [0.2, 0.25) is 0 Å². The molecule has 26 heavy (non-hydrogen) atoms. The average molecular weight is 489 g/mol. The fourth-order valence-electron chi connectivity index (χ4n) is 4.45. The third-order valence-electron chi connectivity index (χ3n) is 7.51. The summed E-state index contributed by atoms with van der Waals surface area (Å²) in [5.41, 5.74) is 0.